The van der Waals surface area contributed by atoms with E-state index in [9.17, 15) is 8.78 Å². The predicted molar refractivity (Wildman–Crippen MR) is 122 cm³/mol. The fraction of sp³-hybridized carbons (Fsp3) is 0.217. The Kier molecular flexibility index (Phi) is 6.48. The third kappa shape index (κ3) is 4.49. The second kappa shape index (κ2) is 9.30. The fourth-order valence-corrected chi connectivity index (χ4v) is 3.65. The molecular formula is C23H19Cl2F2N3O2. The minimum absolute atomic E-state index is 0.0874. The smallest absolute Gasteiger partial charge is 0.163 e. The predicted octanol–water partition coefficient (Wildman–Crippen LogP) is 7.18. The first kappa shape index (κ1) is 22.3. The van der Waals surface area contributed by atoms with Gasteiger partial charge in [0.1, 0.15) is 30.4 Å². The van der Waals surface area contributed by atoms with Crippen molar-refractivity contribution >= 4 is 45.6 Å². The molecule has 4 rings (SSSR count). The van der Waals surface area contributed by atoms with Crippen LogP contribution in [0.15, 0.2) is 60.0 Å². The zero-order valence-corrected chi connectivity index (χ0v) is 18.8. The lowest BCUT2D eigenvalue weighted by molar-refractivity contribution is 0.308. The van der Waals surface area contributed by atoms with Crippen LogP contribution in [0.5, 0.6) is 11.5 Å². The molecule has 1 N–H and O–H groups in total. The average Bonchev–Trinajstić information content (AvgIpc) is 2.78. The van der Waals surface area contributed by atoms with E-state index in [0.717, 1.165) is 0 Å². The number of rotatable bonds is 6. The summed E-state index contributed by atoms with van der Waals surface area (Å²) in [5.74, 6) is -0.281. The maximum absolute atomic E-state index is 14.4. The van der Waals surface area contributed by atoms with Crippen LogP contribution in [0.1, 0.15) is 13.3 Å². The Morgan fingerprint density at radius 3 is 2.66 bits per heavy atom. The van der Waals surface area contributed by atoms with Crippen LogP contribution in [0.4, 0.5) is 20.3 Å². The number of hydrogen-bond acceptors (Lipinski definition) is 5. The quantitative estimate of drug-likeness (QED) is 0.407. The first-order valence-electron chi connectivity index (χ1n) is 9.79. The maximum atomic E-state index is 14.4. The highest BCUT2D eigenvalue weighted by atomic mass is 35.5. The number of benzene rings is 2. The number of aromatic nitrogens is 2. The van der Waals surface area contributed by atoms with Crippen LogP contribution in [0.25, 0.3) is 10.9 Å². The van der Waals surface area contributed by atoms with Gasteiger partial charge in [0.25, 0.3) is 0 Å². The van der Waals surface area contributed by atoms with E-state index in [4.69, 9.17) is 32.7 Å². The summed E-state index contributed by atoms with van der Waals surface area (Å²) in [6, 6.07) is 8.47. The topological polar surface area (TPSA) is 56.3 Å². The Morgan fingerprint density at radius 1 is 1.09 bits per heavy atom. The van der Waals surface area contributed by atoms with E-state index in [2.05, 4.69) is 15.3 Å². The van der Waals surface area contributed by atoms with Gasteiger partial charge in [0.05, 0.1) is 28.2 Å². The van der Waals surface area contributed by atoms with Gasteiger partial charge < -0.3 is 14.8 Å². The molecule has 1 aliphatic carbocycles. The zero-order valence-electron chi connectivity index (χ0n) is 17.3. The number of ether oxygens (including phenoxy) is 2. The molecule has 0 radical (unpaired) electrons. The van der Waals surface area contributed by atoms with Crippen LogP contribution >= 0.6 is 23.2 Å². The molecule has 0 bridgehead atoms. The lowest BCUT2D eigenvalue weighted by Gasteiger charge is -2.19. The van der Waals surface area contributed by atoms with Crippen LogP contribution < -0.4 is 14.8 Å². The first-order valence-corrected chi connectivity index (χ1v) is 10.5. The molecule has 1 aliphatic rings. The van der Waals surface area contributed by atoms with E-state index >= 15 is 0 Å². The van der Waals surface area contributed by atoms with Gasteiger partial charge in [-0.2, -0.15) is 0 Å². The van der Waals surface area contributed by atoms with Crippen molar-refractivity contribution in [3.8, 4) is 11.5 Å². The van der Waals surface area contributed by atoms with Crippen molar-refractivity contribution in [2.75, 3.05) is 19.0 Å². The van der Waals surface area contributed by atoms with E-state index in [-0.39, 0.29) is 18.1 Å². The van der Waals surface area contributed by atoms with Crippen LogP contribution in [0.2, 0.25) is 10.0 Å². The Balaban J connectivity index is 1.65. The Hall–Kier alpha value is -2.90. The number of hydrogen-bond donors (Lipinski definition) is 1. The molecule has 0 saturated carbocycles. The van der Waals surface area contributed by atoms with Crippen LogP contribution in [-0.2, 0) is 0 Å². The van der Waals surface area contributed by atoms with Crippen molar-refractivity contribution in [2.24, 2.45) is 5.92 Å². The molecular weight excluding hydrogens is 459 g/mol. The summed E-state index contributed by atoms with van der Waals surface area (Å²) in [6.45, 7) is 1.44. The summed E-state index contributed by atoms with van der Waals surface area (Å²) in [4.78, 5) is 8.58. The molecule has 32 heavy (non-hydrogen) atoms. The summed E-state index contributed by atoms with van der Waals surface area (Å²) < 4.78 is 39.7. The lowest BCUT2D eigenvalue weighted by Crippen LogP contribution is -2.11. The minimum atomic E-state index is -0.601. The second-order valence-corrected chi connectivity index (χ2v) is 8.11. The Labute approximate surface area is 193 Å². The van der Waals surface area contributed by atoms with Crippen molar-refractivity contribution in [1.82, 2.24) is 9.97 Å². The van der Waals surface area contributed by atoms with Gasteiger partial charge in [0.2, 0.25) is 0 Å². The number of nitrogens with one attached hydrogen (secondary N) is 1. The average molecular weight is 478 g/mol. The number of halogens is 4. The molecule has 1 heterocycles. The molecule has 0 spiro atoms. The summed E-state index contributed by atoms with van der Waals surface area (Å²) in [6.07, 6.45) is 3.09. The summed E-state index contributed by atoms with van der Waals surface area (Å²) in [5, 5.41) is 4.69. The molecule has 3 aromatic rings. The second-order valence-electron chi connectivity index (χ2n) is 7.30. The molecule has 1 atom stereocenters. The van der Waals surface area contributed by atoms with Crippen molar-refractivity contribution in [2.45, 2.75) is 13.3 Å². The van der Waals surface area contributed by atoms with Crippen molar-refractivity contribution in [3.05, 3.63) is 70.0 Å². The van der Waals surface area contributed by atoms with E-state index in [0.29, 0.717) is 50.4 Å². The van der Waals surface area contributed by atoms with Crippen LogP contribution in [0, 0.1) is 5.92 Å². The van der Waals surface area contributed by atoms with Gasteiger partial charge in [-0.1, -0.05) is 30.1 Å². The summed E-state index contributed by atoms with van der Waals surface area (Å²) >= 11 is 12.1. The number of fused-ring (bicyclic) bond motifs is 1. The van der Waals surface area contributed by atoms with Gasteiger partial charge >= 0.3 is 0 Å². The lowest BCUT2D eigenvalue weighted by atomic mass is 9.96. The van der Waals surface area contributed by atoms with Gasteiger partial charge in [0.15, 0.2) is 11.5 Å². The molecule has 166 valence electrons. The molecule has 2 aromatic carbocycles. The normalized spacial score (nSPS) is 16.2. The Bertz CT molecular complexity index is 1250. The number of methoxy groups -OCH3 is 1. The Morgan fingerprint density at radius 2 is 1.91 bits per heavy atom. The largest absolute Gasteiger partial charge is 0.493 e. The highest BCUT2D eigenvalue weighted by molar-refractivity contribution is 6.42. The molecule has 0 amide bonds. The fourth-order valence-electron chi connectivity index (χ4n) is 3.35. The van der Waals surface area contributed by atoms with Crippen LogP contribution in [0.3, 0.4) is 0 Å². The maximum Gasteiger partial charge on any atom is 0.163 e. The molecule has 0 fully saturated rings. The summed E-state index contributed by atoms with van der Waals surface area (Å²) in [7, 11) is 1.48. The SMILES string of the molecule is COc1cc2c(Nc3ccc(Cl)c(Cl)c3)ncnc2cc1OCC1=C(F)C(C)CC=C1F. The highest BCUT2D eigenvalue weighted by Crippen LogP contribution is 2.37. The van der Waals surface area contributed by atoms with Crippen molar-refractivity contribution in [1.29, 1.82) is 0 Å². The molecule has 1 unspecified atom stereocenters. The van der Waals surface area contributed by atoms with Crippen molar-refractivity contribution < 1.29 is 18.3 Å². The molecule has 0 aliphatic heterocycles. The van der Waals surface area contributed by atoms with E-state index in [1.165, 1.54) is 19.5 Å². The van der Waals surface area contributed by atoms with Crippen LogP contribution in [-0.4, -0.2) is 23.7 Å². The summed E-state index contributed by atoms with van der Waals surface area (Å²) in [5.41, 5.74) is 1.16. The van der Waals surface area contributed by atoms with Gasteiger partial charge in [0, 0.05) is 23.1 Å². The molecule has 9 heteroatoms. The molecule has 5 nitrogen and oxygen atoms in total. The number of anilines is 2. The van der Waals surface area contributed by atoms with E-state index in [1.807, 2.05) is 0 Å². The first-order chi connectivity index (χ1) is 15.4. The standard InChI is InChI=1S/C23H19Cl2F2N3O2/c1-12-3-6-18(26)15(22(12)27)10-32-21-9-19-14(8-20(21)31-2)23(29-11-28-19)30-13-4-5-16(24)17(25)7-13/h4-9,11-12H,3,10H2,1-2H3,(H,28,29,30). The van der Waals surface area contributed by atoms with Crippen molar-refractivity contribution in [3.63, 3.8) is 0 Å². The van der Waals surface area contributed by atoms with Gasteiger partial charge in [-0.15, -0.1) is 0 Å². The van der Waals surface area contributed by atoms with Gasteiger partial charge in [-0.25, -0.2) is 18.7 Å². The zero-order chi connectivity index (χ0) is 22.8. The molecule has 1 aromatic heterocycles. The van der Waals surface area contributed by atoms with Gasteiger partial charge in [-0.3, -0.25) is 0 Å². The van der Waals surface area contributed by atoms with E-state index < -0.39 is 11.7 Å². The number of allylic oxidation sites excluding steroid dienone is 2. The highest BCUT2D eigenvalue weighted by Gasteiger charge is 2.23. The third-order valence-corrected chi connectivity index (χ3v) is 5.87. The minimum Gasteiger partial charge on any atom is -0.493 e. The number of nitrogens with zero attached hydrogens (tertiary/aromatic N) is 2. The monoisotopic (exact) mass is 477 g/mol. The molecule has 0 saturated heterocycles. The van der Waals surface area contributed by atoms with E-state index in [1.54, 1.807) is 37.3 Å². The third-order valence-electron chi connectivity index (χ3n) is 5.13. The van der Waals surface area contributed by atoms with Gasteiger partial charge in [-0.05, 0) is 36.8 Å².